The van der Waals surface area contributed by atoms with Crippen LogP contribution in [0.1, 0.15) is 28.8 Å². The number of rotatable bonds is 4. The van der Waals surface area contributed by atoms with Gasteiger partial charge in [0.2, 0.25) is 0 Å². The van der Waals surface area contributed by atoms with Crippen LogP contribution in [0.3, 0.4) is 0 Å². The Morgan fingerprint density at radius 1 is 1.28 bits per heavy atom. The molecule has 0 saturated heterocycles. The van der Waals surface area contributed by atoms with Gasteiger partial charge in [-0.2, -0.15) is 0 Å². The second kappa shape index (κ2) is 5.93. The Kier molecular flexibility index (Phi) is 4.51. The van der Waals surface area contributed by atoms with Crippen molar-refractivity contribution in [3.63, 3.8) is 0 Å². The number of furan rings is 1. The SMILES string of the molecule is CCc1ccc(C(Br)c2ccc(OC)c(Br)c2)o1. The molecule has 0 saturated carbocycles. The molecule has 1 unspecified atom stereocenters. The molecule has 0 fully saturated rings. The van der Waals surface area contributed by atoms with Crippen LogP contribution in [0.5, 0.6) is 5.75 Å². The molecule has 2 aromatic rings. The third-order valence-electron chi connectivity index (χ3n) is 2.75. The van der Waals surface area contributed by atoms with Crippen LogP contribution in [-0.4, -0.2) is 7.11 Å². The Morgan fingerprint density at radius 3 is 2.61 bits per heavy atom. The van der Waals surface area contributed by atoms with Crippen LogP contribution in [0.2, 0.25) is 0 Å². The monoisotopic (exact) mass is 372 g/mol. The lowest BCUT2D eigenvalue weighted by Gasteiger charge is -2.10. The molecule has 4 heteroatoms. The highest BCUT2D eigenvalue weighted by atomic mass is 79.9. The zero-order chi connectivity index (χ0) is 13.1. The van der Waals surface area contributed by atoms with E-state index in [2.05, 4.69) is 38.8 Å². The molecule has 0 aliphatic rings. The molecule has 0 amide bonds. The summed E-state index contributed by atoms with van der Waals surface area (Å²) in [4.78, 5) is 0.0556. The van der Waals surface area contributed by atoms with Gasteiger partial charge in [0.05, 0.1) is 16.4 Å². The molecule has 0 radical (unpaired) electrons. The van der Waals surface area contributed by atoms with Gasteiger partial charge < -0.3 is 9.15 Å². The quantitative estimate of drug-likeness (QED) is 0.696. The molecule has 0 aliphatic carbocycles. The first-order valence-electron chi connectivity index (χ1n) is 5.71. The Labute approximate surface area is 124 Å². The summed E-state index contributed by atoms with van der Waals surface area (Å²) >= 11 is 7.15. The fraction of sp³-hybridized carbons (Fsp3) is 0.286. The third-order valence-corrected chi connectivity index (χ3v) is 4.35. The number of alkyl halides is 1. The summed E-state index contributed by atoms with van der Waals surface area (Å²) in [5, 5.41) is 0. The van der Waals surface area contributed by atoms with E-state index in [1.54, 1.807) is 7.11 Å². The predicted octanol–water partition coefficient (Wildman–Crippen LogP) is 5.10. The summed E-state index contributed by atoms with van der Waals surface area (Å²) < 4.78 is 11.9. The highest BCUT2D eigenvalue weighted by Gasteiger charge is 2.15. The third kappa shape index (κ3) is 2.81. The van der Waals surface area contributed by atoms with Crippen molar-refractivity contribution in [2.45, 2.75) is 18.2 Å². The minimum Gasteiger partial charge on any atom is -0.496 e. The fourth-order valence-corrected chi connectivity index (χ4v) is 2.81. The molecule has 2 nitrogen and oxygen atoms in total. The number of hydrogen-bond donors (Lipinski definition) is 0. The van der Waals surface area contributed by atoms with Gasteiger partial charge in [0.15, 0.2) is 0 Å². The lowest BCUT2D eigenvalue weighted by atomic mass is 10.1. The smallest absolute Gasteiger partial charge is 0.133 e. The van der Waals surface area contributed by atoms with Gasteiger partial charge in [0, 0.05) is 6.42 Å². The summed E-state index contributed by atoms with van der Waals surface area (Å²) in [6.07, 6.45) is 0.909. The van der Waals surface area contributed by atoms with Crippen molar-refractivity contribution in [1.29, 1.82) is 0 Å². The van der Waals surface area contributed by atoms with E-state index in [-0.39, 0.29) is 4.83 Å². The Balaban J connectivity index is 2.27. The molecule has 2 rings (SSSR count). The van der Waals surface area contributed by atoms with Gasteiger partial charge in [-0.15, -0.1) is 0 Å². The van der Waals surface area contributed by atoms with E-state index in [0.29, 0.717) is 0 Å². The second-order valence-electron chi connectivity index (χ2n) is 3.91. The Morgan fingerprint density at radius 2 is 2.06 bits per heavy atom. The zero-order valence-electron chi connectivity index (χ0n) is 10.2. The molecule has 1 aromatic carbocycles. The van der Waals surface area contributed by atoms with Crippen molar-refractivity contribution in [3.8, 4) is 5.75 Å². The van der Waals surface area contributed by atoms with Crippen molar-refractivity contribution < 1.29 is 9.15 Å². The number of aryl methyl sites for hydroxylation is 1. The fourth-order valence-electron chi connectivity index (χ4n) is 1.73. The van der Waals surface area contributed by atoms with Crippen molar-refractivity contribution >= 4 is 31.9 Å². The van der Waals surface area contributed by atoms with E-state index in [9.17, 15) is 0 Å². The molecule has 1 aromatic heterocycles. The molecule has 0 bridgehead atoms. The van der Waals surface area contributed by atoms with Crippen molar-refractivity contribution in [2.24, 2.45) is 0 Å². The van der Waals surface area contributed by atoms with Gasteiger partial charge >= 0.3 is 0 Å². The van der Waals surface area contributed by atoms with E-state index in [4.69, 9.17) is 9.15 Å². The minimum absolute atomic E-state index is 0.0556. The summed E-state index contributed by atoms with van der Waals surface area (Å²) in [5.74, 6) is 2.75. The lowest BCUT2D eigenvalue weighted by Crippen LogP contribution is -1.92. The molecule has 96 valence electrons. The van der Waals surface area contributed by atoms with E-state index in [1.165, 1.54) is 0 Å². The van der Waals surface area contributed by atoms with Crippen LogP contribution in [0.25, 0.3) is 0 Å². The molecular formula is C14H14Br2O2. The average molecular weight is 374 g/mol. The van der Waals surface area contributed by atoms with E-state index < -0.39 is 0 Å². The largest absolute Gasteiger partial charge is 0.496 e. The van der Waals surface area contributed by atoms with E-state index in [1.807, 2.05) is 30.3 Å². The number of hydrogen-bond acceptors (Lipinski definition) is 2. The van der Waals surface area contributed by atoms with E-state index in [0.717, 1.165) is 33.7 Å². The maximum atomic E-state index is 5.75. The van der Waals surface area contributed by atoms with Crippen LogP contribution < -0.4 is 4.74 Å². The number of methoxy groups -OCH3 is 1. The molecule has 0 aliphatic heterocycles. The molecule has 0 spiro atoms. The standard InChI is InChI=1S/C14H14Br2O2/c1-3-10-5-7-13(18-10)14(16)9-4-6-12(17-2)11(15)8-9/h4-8,14H,3H2,1-2H3. The topological polar surface area (TPSA) is 22.4 Å². The first kappa shape index (κ1) is 13.7. The van der Waals surface area contributed by atoms with Gasteiger partial charge in [-0.3, -0.25) is 0 Å². The highest BCUT2D eigenvalue weighted by molar-refractivity contribution is 9.10. The second-order valence-corrected chi connectivity index (χ2v) is 5.68. The van der Waals surface area contributed by atoms with Gasteiger partial charge in [-0.1, -0.05) is 28.9 Å². The first-order chi connectivity index (χ1) is 8.65. The summed E-state index contributed by atoms with van der Waals surface area (Å²) in [6.45, 7) is 2.08. The maximum absolute atomic E-state index is 5.75. The van der Waals surface area contributed by atoms with Gasteiger partial charge in [0.25, 0.3) is 0 Å². The molecule has 18 heavy (non-hydrogen) atoms. The zero-order valence-corrected chi connectivity index (χ0v) is 13.4. The van der Waals surface area contributed by atoms with Crippen molar-refractivity contribution in [1.82, 2.24) is 0 Å². The van der Waals surface area contributed by atoms with Crippen LogP contribution >= 0.6 is 31.9 Å². The van der Waals surface area contributed by atoms with Gasteiger partial charge in [0.1, 0.15) is 17.3 Å². The summed E-state index contributed by atoms with van der Waals surface area (Å²) in [6, 6.07) is 10.0. The minimum atomic E-state index is 0.0556. The van der Waals surface area contributed by atoms with Crippen LogP contribution in [0, 0.1) is 0 Å². The van der Waals surface area contributed by atoms with Crippen molar-refractivity contribution in [3.05, 3.63) is 51.9 Å². The summed E-state index contributed by atoms with van der Waals surface area (Å²) in [7, 11) is 1.66. The normalized spacial score (nSPS) is 12.4. The maximum Gasteiger partial charge on any atom is 0.133 e. The Hall–Kier alpha value is -0.740. The highest BCUT2D eigenvalue weighted by Crippen LogP contribution is 2.36. The number of benzene rings is 1. The van der Waals surface area contributed by atoms with Gasteiger partial charge in [-0.05, 0) is 45.8 Å². The number of ether oxygens (including phenoxy) is 1. The predicted molar refractivity (Wildman–Crippen MR) is 79.6 cm³/mol. The van der Waals surface area contributed by atoms with Crippen LogP contribution in [0.15, 0.2) is 39.2 Å². The average Bonchev–Trinajstić information content (AvgIpc) is 2.86. The molecule has 1 heterocycles. The molecule has 0 N–H and O–H groups in total. The number of halogens is 2. The van der Waals surface area contributed by atoms with Crippen LogP contribution in [0.4, 0.5) is 0 Å². The molecular weight excluding hydrogens is 360 g/mol. The lowest BCUT2D eigenvalue weighted by molar-refractivity contribution is 0.412. The molecule has 1 atom stereocenters. The van der Waals surface area contributed by atoms with Gasteiger partial charge in [-0.25, -0.2) is 0 Å². The van der Waals surface area contributed by atoms with E-state index >= 15 is 0 Å². The Bertz CT molecular complexity index is 534. The van der Waals surface area contributed by atoms with Crippen LogP contribution in [-0.2, 0) is 6.42 Å². The first-order valence-corrected chi connectivity index (χ1v) is 7.42. The van der Waals surface area contributed by atoms with Crippen molar-refractivity contribution in [2.75, 3.05) is 7.11 Å². The summed E-state index contributed by atoms with van der Waals surface area (Å²) in [5.41, 5.74) is 1.12.